The molecule has 3 nitrogen and oxygen atoms in total. The molecule has 2 aromatic heterocycles. The predicted octanol–water partition coefficient (Wildman–Crippen LogP) is 5.05. The number of fused-ring (bicyclic) bond motifs is 1. The van der Waals surface area contributed by atoms with Gasteiger partial charge in [0.05, 0.1) is 22.8 Å². The average Bonchev–Trinajstić information content (AvgIpc) is 2.97. The molecule has 0 fully saturated rings. The Morgan fingerprint density at radius 3 is 2.81 bits per heavy atom. The maximum atomic E-state index is 5.31. The second-order valence-electron chi connectivity index (χ2n) is 5.00. The lowest BCUT2D eigenvalue weighted by Crippen LogP contribution is -1.91. The molecule has 0 aliphatic carbocycles. The molecule has 0 saturated carbocycles. The Balaban J connectivity index is 2.26. The normalized spacial score (nSPS) is 11.3. The number of hydrogen-bond acceptors (Lipinski definition) is 4. The van der Waals surface area contributed by atoms with E-state index in [1.807, 2.05) is 12.1 Å². The average molecular weight is 362 g/mol. The van der Waals surface area contributed by atoms with Crippen LogP contribution >= 0.6 is 27.3 Å². The van der Waals surface area contributed by atoms with Gasteiger partial charge in [0, 0.05) is 16.3 Å². The number of pyridine rings is 1. The highest BCUT2D eigenvalue weighted by Crippen LogP contribution is 2.39. The van der Waals surface area contributed by atoms with Crippen molar-refractivity contribution in [2.75, 3.05) is 7.11 Å². The van der Waals surface area contributed by atoms with E-state index in [2.05, 4.69) is 52.4 Å². The minimum atomic E-state index is 0.425. The molecule has 107 valence electrons. The van der Waals surface area contributed by atoms with Gasteiger partial charge in [0.1, 0.15) is 11.2 Å². The molecule has 5 heteroatoms. The molecule has 0 unspecified atom stereocenters. The fraction of sp³-hybridized carbons (Fsp3) is 0.250. The zero-order valence-electron chi connectivity index (χ0n) is 12.0. The van der Waals surface area contributed by atoms with Crippen molar-refractivity contribution in [3.05, 3.63) is 39.9 Å². The van der Waals surface area contributed by atoms with Crippen LogP contribution in [0.15, 0.2) is 28.1 Å². The van der Waals surface area contributed by atoms with Gasteiger partial charge in [-0.1, -0.05) is 26.0 Å². The summed E-state index contributed by atoms with van der Waals surface area (Å²) in [5.41, 5.74) is 3.06. The first kappa shape index (κ1) is 14.5. The Bertz CT molecular complexity index is 798. The second-order valence-corrected chi connectivity index (χ2v) is 6.65. The van der Waals surface area contributed by atoms with E-state index in [1.54, 1.807) is 18.4 Å². The third-order valence-corrected chi connectivity index (χ3v) is 4.94. The molecule has 0 atom stereocenters. The molecule has 0 saturated heterocycles. The first-order valence-corrected chi connectivity index (χ1v) is 8.28. The van der Waals surface area contributed by atoms with Crippen molar-refractivity contribution in [3.8, 4) is 16.3 Å². The summed E-state index contributed by atoms with van der Waals surface area (Å²) in [7, 11) is 1.62. The van der Waals surface area contributed by atoms with Gasteiger partial charge in [-0.2, -0.15) is 0 Å². The summed E-state index contributed by atoms with van der Waals surface area (Å²) < 4.78 is 6.17. The van der Waals surface area contributed by atoms with Gasteiger partial charge in [-0.25, -0.2) is 9.97 Å². The molecule has 1 aromatic carbocycles. The molecule has 3 rings (SSSR count). The molecule has 0 aliphatic rings. The quantitative estimate of drug-likeness (QED) is 0.654. The van der Waals surface area contributed by atoms with Gasteiger partial charge in [0.25, 0.3) is 0 Å². The van der Waals surface area contributed by atoms with E-state index >= 15 is 0 Å². The number of nitrogens with zero attached hydrogens (tertiary/aromatic N) is 2. The van der Waals surface area contributed by atoms with Crippen LogP contribution in [0.25, 0.3) is 21.5 Å². The number of thiazole rings is 1. The molecule has 21 heavy (non-hydrogen) atoms. The maximum absolute atomic E-state index is 5.31. The third-order valence-electron chi connectivity index (χ3n) is 3.29. The van der Waals surface area contributed by atoms with Crippen molar-refractivity contribution in [1.29, 1.82) is 0 Å². The Hall–Kier alpha value is -1.46. The summed E-state index contributed by atoms with van der Waals surface area (Å²) in [6, 6.07) is 6.03. The smallest absolute Gasteiger partial charge is 0.161 e. The van der Waals surface area contributed by atoms with E-state index in [4.69, 9.17) is 9.72 Å². The van der Waals surface area contributed by atoms with Crippen molar-refractivity contribution >= 4 is 38.2 Å². The second kappa shape index (κ2) is 5.73. The summed E-state index contributed by atoms with van der Waals surface area (Å²) in [6.45, 7) is 4.30. The Morgan fingerprint density at radius 1 is 1.33 bits per heavy atom. The number of rotatable bonds is 3. The van der Waals surface area contributed by atoms with Crippen molar-refractivity contribution in [3.63, 3.8) is 0 Å². The van der Waals surface area contributed by atoms with Crippen LogP contribution < -0.4 is 4.74 Å². The molecular formula is C16H14BrN2OS. The lowest BCUT2D eigenvalue weighted by Gasteiger charge is -2.08. The van der Waals surface area contributed by atoms with Gasteiger partial charge in [0.2, 0.25) is 0 Å². The molecule has 0 spiro atoms. The fourth-order valence-electron chi connectivity index (χ4n) is 2.13. The van der Waals surface area contributed by atoms with Gasteiger partial charge in [-0.05, 0) is 27.9 Å². The lowest BCUT2D eigenvalue weighted by molar-refractivity contribution is 0.410. The van der Waals surface area contributed by atoms with Crippen LogP contribution in [0.4, 0.5) is 0 Å². The third kappa shape index (κ3) is 2.56. The molecule has 0 amide bonds. The highest BCUT2D eigenvalue weighted by molar-refractivity contribution is 9.10. The summed E-state index contributed by atoms with van der Waals surface area (Å²) in [5.74, 6) is 1.03. The van der Waals surface area contributed by atoms with Crippen molar-refractivity contribution in [2.45, 2.75) is 19.8 Å². The topological polar surface area (TPSA) is 35.0 Å². The van der Waals surface area contributed by atoms with Crippen LogP contribution in [-0.4, -0.2) is 17.1 Å². The van der Waals surface area contributed by atoms with Crippen molar-refractivity contribution in [1.82, 2.24) is 9.97 Å². The molecule has 0 aliphatic heterocycles. The van der Waals surface area contributed by atoms with E-state index in [0.29, 0.717) is 11.7 Å². The molecule has 3 aromatic rings. The standard InChI is InChI=1S/C16H14BrN2OS/c1-9(2)12-8-21-16(19-12)10-5-4-6-11-14(10)15(17)13(20-3)7-18-11/h4-6,8-9H,1-3H3. The maximum Gasteiger partial charge on any atom is 0.161 e. The SMILES string of the molecule is COc1[c]nc2cccc(-c3nc(C(C)C)cs3)c2c1Br. The van der Waals surface area contributed by atoms with Crippen LogP contribution in [0.3, 0.4) is 0 Å². The summed E-state index contributed by atoms with van der Waals surface area (Å²) in [4.78, 5) is 9.08. The number of benzene rings is 1. The van der Waals surface area contributed by atoms with Crippen LogP contribution in [-0.2, 0) is 0 Å². The highest BCUT2D eigenvalue weighted by atomic mass is 79.9. The largest absolute Gasteiger partial charge is 0.493 e. The molecule has 1 radical (unpaired) electrons. The van der Waals surface area contributed by atoms with Gasteiger partial charge < -0.3 is 4.74 Å². The minimum absolute atomic E-state index is 0.425. The first-order chi connectivity index (χ1) is 10.1. The van der Waals surface area contributed by atoms with E-state index in [0.717, 1.165) is 31.6 Å². The first-order valence-electron chi connectivity index (χ1n) is 6.61. The lowest BCUT2D eigenvalue weighted by atomic mass is 10.1. The van der Waals surface area contributed by atoms with E-state index < -0.39 is 0 Å². The highest BCUT2D eigenvalue weighted by Gasteiger charge is 2.15. The minimum Gasteiger partial charge on any atom is -0.493 e. The van der Waals surface area contributed by atoms with Crippen molar-refractivity contribution < 1.29 is 4.74 Å². The summed E-state index contributed by atoms with van der Waals surface area (Å²) in [6.07, 6.45) is 2.90. The monoisotopic (exact) mass is 361 g/mol. The summed E-state index contributed by atoms with van der Waals surface area (Å²) >= 11 is 5.26. The number of halogens is 1. The number of ether oxygens (including phenoxy) is 1. The van der Waals surface area contributed by atoms with E-state index in [1.165, 1.54) is 0 Å². The molecule has 0 N–H and O–H groups in total. The zero-order chi connectivity index (χ0) is 15.0. The van der Waals surface area contributed by atoms with Crippen LogP contribution in [0.1, 0.15) is 25.5 Å². The van der Waals surface area contributed by atoms with Gasteiger partial charge in [0.15, 0.2) is 5.75 Å². The van der Waals surface area contributed by atoms with Crippen LogP contribution in [0, 0.1) is 6.20 Å². The van der Waals surface area contributed by atoms with Crippen LogP contribution in [0.2, 0.25) is 0 Å². The predicted molar refractivity (Wildman–Crippen MR) is 90.0 cm³/mol. The van der Waals surface area contributed by atoms with Gasteiger partial charge >= 0.3 is 0 Å². The van der Waals surface area contributed by atoms with E-state index in [9.17, 15) is 0 Å². The van der Waals surface area contributed by atoms with Crippen molar-refractivity contribution in [2.24, 2.45) is 0 Å². The number of hydrogen-bond donors (Lipinski definition) is 0. The Morgan fingerprint density at radius 2 is 2.14 bits per heavy atom. The molecular weight excluding hydrogens is 348 g/mol. The van der Waals surface area contributed by atoms with E-state index in [-0.39, 0.29) is 0 Å². The number of methoxy groups -OCH3 is 1. The number of aromatic nitrogens is 2. The fourth-order valence-corrected chi connectivity index (χ4v) is 3.81. The zero-order valence-corrected chi connectivity index (χ0v) is 14.4. The summed E-state index contributed by atoms with van der Waals surface area (Å²) in [5, 5.41) is 4.13. The Labute approximate surface area is 136 Å². The molecule has 2 heterocycles. The van der Waals surface area contributed by atoms with Crippen LogP contribution in [0.5, 0.6) is 5.75 Å². The Kier molecular flexibility index (Phi) is 3.95. The van der Waals surface area contributed by atoms with Gasteiger partial charge in [-0.3, -0.25) is 0 Å². The van der Waals surface area contributed by atoms with Gasteiger partial charge in [-0.15, -0.1) is 11.3 Å². The molecule has 0 bridgehead atoms.